The van der Waals surface area contributed by atoms with Crippen LogP contribution >= 0.6 is 0 Å². The van der Waals surface area contributed by atoms with Gasteiger partial charge in [0.2, 0.25) is 0 Å². The van der Waals surface area contributed by atoms with E-state index < -0.39 is 0 Å². The van der Waals surface area contributed by atoms with E-state index in [1.54, 1.807) is 0 Å². The van der Waals surface area contributed by atoms with E-state index in [-0.39, 0.29) is 59.1 Å². The molecule has 0 aliphatic carbocycles. The van der Waals surface area contributed by atoms with E-state index in [1.807, 2.05) is 0 Å². The van der Waals surface area contributed by atoms with Gasteiger partial charge in [-0.2, -0.15) is 6.42 Å². The minimum Gasteiger partial charge on any atom is -0.343 e. The summed E-state index contributed by atoms with van der Waals surface area (Å²) in [5, 5.41) is 0. The predicted octanol–water partition coefficient (Wildman–Crippen LogP) is 2.92. The second kappa shape index (κ2) is 24.0. The van der Waals surface area contributed by atoms with Gasteiger partial charge in [-0.1, -0.05) is 90.4 Å². The van der Waals surface area contributed by atoms with Crippen molar-refractivity contribution >= 4 is 29.6 Å². The van der Waals surface area contributed by atoms with Crippen LogP contribution < -0.4 is 29.6 Å². The van der Waals surface area contributed by atoms with Crippen molar-refractivity contribution in [3.63, 3.8) is 0 Å². The van der Waals surface area contributed by atoms with Crippen LogP contribution in [0.15, 0.2) is 0 Å². The van der Waals surface area contributed by atoms with Crippen molar-refractivity contribution < 1.29 is 29.6 Å². The Morgan fingerprint density at radius 1 is 0.556 bits per heavy atom. The topological polar surface area (TPSA) is 0 Å². The SMILES string of the molecule is [CH2-]CCCCCCCCCCCCCCC.[Na+].[Na]. The average molecular weight is 271 g/mol. The molecule has 0 atom stereocenters. The Bertz CT molecular complexity index is 102. The summed E-state index contributed by atoms with van der Waals surface area (Å²) in [7, 11) is 0. The number of hydrogen-bond acceptors (Lipinski definition) is 0. The first-order valence-electron chi connectivity index (χ1n) is 7.71. The standard InChI is InChI=1S/C16H33.2Na/c1-3-5-7-9-11-13-15-16-14-12-10-8-6-4-2;;/h1,3-16H2,2H3;;/q-1;;+1. The summed E-state index contributed by atoms with van der Waals surface area (Å²) in [6.07, 6.45) is 19.8. The molecule has 0 saturated carbocycles. The summed E-state index contributed by atoms with van der Waals surface area (Å²) in [5.74, 6) is 0. The Kier molecular flexibility index (Phi) is 33.4. The van der Waals surface area contributed by atoms with Crippen molar-refractivity contribution in [2.45, 2.75) is 96.8 Å². The fraction of sp³-hybridized carbons (Fsp3) is 0.938. The molecule has 0 rings (SSSR count). The number of hydrogen-bond donors (Lipinski definition) is 0. The Labute approximate surface area is 161 Å². The molecule has 0 N–H and O–H groups in total. The van der Waals surface area contributed by atoms with Crippen LogP contribution in [0.5, 0.6) is 0 Å². The Morgan fingerprint density at radius 3 is 1.11 bits per heavy atom. The molecule has 0 spiro atoms. The van der Waals surface area contributed by atoms with Gasteiger partial charge in [0, 0.05) is 29.6 Å². The van der Waals surface area contributed by atoms with E-state index in [4.69, 9.17) is 0 Å². The largest absolute Gasteiger partial charge is 1.00 e. The summed E-state index contributed by atoms with van der Waals surface area (Å²) in [6.45, 7) is 6.16. The zero-order valence-corrected chi connectivity index (χ0v) is 17.6. The molecule has 0 amide bonds. The first kappa shape index (κ1) is 25.0. The minimum atomic E-state index is 0. The Morgan fingerprint density at radius 2 is 0.833 bits per heavy atom. The van der Waals surface area contributed by atoms with Crippen LogP contribution in [0.1, 0.15) is 96.8 Å². The van der Waals surface area contributed by atoms with Gasteiger partial charge in [-0.05, 0) is 0 Å². The van der Waals surface area contributed by atoms with E-state index in [0.29, 0.717) is 0 Å². The van der Waals surface area contributed by atoms with Crippen LogP contribution in [0.3, 0.4) is 0 Å². The molecule has 0 fully saturated rings. The summed E-state index contributed by atoms with van der Waals surface area (Å²) in [6, 6.07) is 0. The van der Waals surface area contributed by atoms with Crippen LogP contribution in [0.4, 0.5) is 0 Å². The van der Waals surface area contributed by atoms with Gasteiger partial charge < -0.3 is 6.92 Å². The third-order valence-corrected chi connectivity index (χ3v) is 3.35. The summed E-state index contributed by atoms with van der Waals surface area (Å²) >= 11 is 0. The van der Waals surface area contributed by atoms with Crippen molar-refractivity contribution in [2.24, 2.45) is 0 Å². The molecule has 0 bridgehead atoms. The number of unbranched alkanes of at least 4 members (excludes halogenated alkanes) is 13. The van der Waals surface area contributed by atoms with Gasteiger partial charge in [0.15, 0.2) is 0 Å². The molecular weight excluding hydrogens is 238 g/mol. The zero-order chi connectivity index (χ0) is 11.9. The molecule has 1 radical (unpaired) electrons. The summed E-state index contributed by atoms with van der Waals surface area (Å²) < 4.78 is 0. The maximum absolute atomic E-state index is 3.87. The normalized spacial score (nSPS) is 9.67. The fourth-order valence-corrected chi connectivity index (χ4v) is 2.19. The number of rotatable bonds is 13. The van der Waals surface area contributed by atoms with Crippen LogP contribution in [-0.2, 0) is 0 Å². The van der Waals surface area contributed by atoms with Gasteiger partial charge in [0.1, 0.15) is 0 Å². The van der Waals surface area contributed by atoms with Crippen molar-refractivity contribution in [3.05, 3.63) is 6.92 Å². The monoisotopic (exact) mass is 271 g/mol. The van der Waals surface area contributed by atoms with Crippen LogP contribution in [0.25, 0.3) is 0 Å². The fourth-order valence-electron chi connectivity index (χ4n) is 2.19. The van der Waals surface area contributed by atoms with E-state index in [2.05, 4.69) is 13.8 Å². The van der Waals surface area contributed by atoms with Gasteiger partial charge in [-0.25, -0.2) is 0 Å². The van der Waals surface area contributed by atoms with Crippen molar-refractivity contribution in [1.82, 2.24) is 0 Å². The molecule has 0 aromatic heterocycles. The molecule has 99 valence electrons. The molecule has 2 heteroatoms. The zero-order valence-electron chi connectivity index (χ0n) is 13.6. The predicted molar refractivity (Wildman–Crippen MR) is 81.4 cm³/mol. The smallest absolute Gasteiger partial charge is 0.343 e. The van der Waals surface area contributed by atoms with Gasteiger partial charge in [-0.3, -0.25) is 0 Å². The van der Waals surface area contributed by atoms with Crippen LogP contribution in [-0.4, -0.2) is 29.6 Å². The van der Waals surface area contributed by atoms with Crippen LogP contribution in [0, 0.1) is 6.92 Å². The molecule has 0 unspecified atom stereocenters. The summed E-state index contributed by atoms with van der Waals surface area (Å²) in [4.78, 5) is 0. The van der Waals surface area contributed by atoms with Gasteiger partial charge >= 0.3 is 29.6 Å². The van der Waals surface area contributed by atoms with Crippen molar-refractivity contribution in [3.8, 4) is 0 Å². The van der Waals surface area contributed by atoms with Crippen molar-refractivity contribution in [1.29, 1.82) is 0 Å². The summed E-state index contributed by atoms with van der Waals surface area (Å²) in [5.41, 5.74) is 0. The van der Waals surface area contributed by atoms with E-state index in [0.717, 1.165) is 6.42 Å². The molecule has 0 aromatic rings. The second-order valence-electron chi connectivity index (χ2n) is 5.10. The van der Waals surface area contributed by atoms with Crippen LogP contribution in [0.2, 0.25) is 0 Å². The van der Waals surface area contributed by atoms with Gasteiger partial charge in [0.05, 0.1) is 0 Å². The Balaban J connectivity index is -0.00000112. The van der Waals surface area contributed by atoms with Crippen molar-refractivity contribution in [2.75, 3.05) is 0 Å². The maximum Gasteiger partial charge on any atom is 1.00 e. The van der Waals surface area contributed by atoms with Gasteiger partial charge in [0.25, 0.3) is 0 Å². The maximum atomic E-state index is 3.87. The van der Waals surface area contributed by atoms with E-state index in [9.17, 15) is 0 Å². The molecule has 0 aliphatic heterocycles. The molecule has 0 saturated heterocycles. The average Bonchev–Trinajstić information content (AvgIpc) is 2.31. The molecule has 0 aliphatic rings. The first-order valence-corrected chi connectivity index (χ1v) is 7.71. The van der Waals surface area contributed by atoms with E-state index >= 15 is 0 Å². The molecule has 0 aromatic carbocycles. The molecule has 0 nitrogen and oxygen atoms in total. The molecular formula is C16H33Na2. The minimum absolute atomic E-state index is 0. The second-order valence-corrected chi connectivity index (χ2v) is 5.10. The van der Waals surface area contributed by atoms with E-state index in [1.165, 1.54) is 83.5 Å². The third kappa shape index (κ3) is 23.1. The quantitative estimate of drug-likeness (QED) is 0.274. The van der Waals surface area contributed by atoms with Gasteiger partial charge in [-0.15, -0.1) is 0 Å². The molecule has 0 heterocycles. The Hall–Kier alpha value is 2.00. The third-order valence-electron chi connectivity index (χ3n) is 3.35. The molecule has 18 heavy (non-hydrogen) atoms. The first-order chi connectivity index (χ1) is 7.91.